The van der Waals surface area contributed by atoms with Gasteiger partial charge >= 0.3 is 18.3 Å². The summed E-state index contributed by atoms with van der Waals surface area (Å²) in [7, 11) is 3.52. The summed E-state index contributed by atoms with van der Waals surface area (Å²) in [6.07, 6.45) is -0.152. The van der Waals surface area contributed by atoms with E-state index in [4.69, 9.17) is 18.9 Å². The topological polar surface area (TPSA) is 94.3 Å². The largest absolute Gasteiger partial charge is 1.00 e. The molecule has 1 aromatic rings. The van der Waals surface area contributed by atoms with Crippen molar-refractivity contribution in [2.75, 3.05) is 27.3 Å². The first-order valence-electron chi connectivity index (χ1n) is 7.66. The van der Waals surface area contributed by atoms with Crippen molar-refractivity contribution in [1.29, 1.82) is 0 Å². The van der Waals surface area contributed by atoms with Crippen LogP contribution in [0.15, 0.2) is 24.3 Å². The highest BCUT2D eigenvalue weighted by Crippen LogP contribution is 2.26. The molecule has 1 N–H and O–H groups in total. The number of carbonyl (C=O) groups excluding carboxylic acids is 2. The fourth-order valence-corrected chi connectivity index (χ4v) is 1.77. The molecule has 1 aromatic carbocycles. The standard InChI is InChI=1S/C17H23NO7.ClH/c1-12(19)22-9-16(24-11-18(3)4)17(10-23-13(2)20)25-15-8-6-5-7-14(15)21;/h5-8,11,16-17H,9-10H2,1-4H3;1H/t16-,17+;/m0./s1. The second-order valence-electron chi connectivity index (χ2n) is 5.47. The van der Waals surface area contributed by atoms with Crippen LogP contribution in [0.25, 0.3) is 0 Å². The van der Waals surface area contributed by atoms with Crippen LogP contribution in [0.2, 0.25) is 0 Å². The van der Waals surface area contributed by atoms with Crippen LogP contribution in [0, 0.1) is 0 Å². The molecule has 0 spiro atoms. The minimum Gasteiger partial charge on any atom is -1.00 e. The van der Waals surface area contributed by atoms with Gasteiger partial charge in [-0.1, -0.05) is 12.1 Å². The van der Waals surface area contributed by atoms with Gasteiger partial charge in [0.05, 0.1) is 0 Å². The number of carbonyl (C=O) groups is 2. The molecule has 0 aliphatic rings. The summed E-state index contributed by atoms with van der Waals surface area (Å²) < 4.78 is 23.0. The number of halogens is 1. The van der Waals surface area contributed by atoms with Gasteiger partial charge in [0.15, 0.2) is 23.7 Å². The number of ether oxygens (including phenoxy) is 4. The molecule has 0 aliphatic carbocycles. The van der Waals surface area contributed by atoms with E-state index in [1.165, 1.54) is 26.3 Å². The maximum atomic E-state index is 11.2. The predicted octanol–water partition coefficient (Wildman–Crippen LogP) is -2.04. The molecular formula is C17H24ClNO7. The lowest BCUT2D eigenvalue weighted by Gasteiger charge is -2.26. The lowest BCUT2D eigenvalue weighted by Crippen LogP contribution is -3.00. The highest BCUT2D eigenvalue weighted by Gasteiger charge is 2.29. The Morgan fingerprint density at radius 1 is 1.08 bits per heavy atom. The molecule has 0 aliphatic heterocycles. The molecule has 146 valence electrons. The Balaban J connectivity index is 0.00000625. The lowest BCUT2D eigenvalue weighted by atomic mass is 10.2. The van der Waals surface area contributed by atoms with Gasteiger partial charge in [-0.15, -0.1) is 0 Å². The van der Waals surface area contributed by atoms with Gasteiger partial charge in [-0.3, -0.25) is 9.59 Å². The van der Waals surface area contributed by atoms with Gasteiger partial charge in [0.2, 0.25) is 0 Å². The fraction of sp³-hybridized carbons (Fsp3) is 0.471. The molecule has 0 amide bonds. The minimum atomic E-state index is -0.812. The molecule has 0 unspecified atom stereocenters. The zero-order chi connectivity index (χ0) is 18.8. The normalized spacial score (nSPS) is 12.0. The molecule has 0 aromatic heterocycles. The Bertz CT molecular complexity index is 617. The van der Waals surface area contributed by atoms with Gasteiger partial charge < -0.3 is 36.5 Å². The van der Waals surface area contributed by atoms with E-state index in [0.29, 0.717) is 0 Å². The monoisotopic (exact) mass is 389 g/mol. The first-order chi connectivity index (χ1) is 11.8. The SMILES string of the molecule is CC(=O)OC[C@H](OC=[N+](C)C)[C@@H](COC(C)=O)Oc1ccccc1O.[Cl-]. The van der Waals surface area contributed by atoms with E-state index in [-0.39, 0.29) is 37.1 Å². The van der Waals surface area contributed by atoms with Crippen molar-refractivity contribution < 1.29 is 50.6 Å². The summed E-state index contributed by atoms with van der Waals surface area (Å²) in [5.41, 5.74) is 0. The van der Waals surface area contributed by atoms with Gasteiger partial charge in [-0.25, -0.2) is 4.58 Å². The first kappa shape index (κ1) is 23.5. The van der Waals surface area contributed by atoms with Crippen LogP contribution in [-0.2, 0) is 23.8 Å². The van der Waals surface area contributed by atoms with Crippen LogP contribution in [-0.4, -0.2) is 67.5 Å². The Hall–Kier alpha value is -2.48. The molecule has 0 fully saturated rings. The Morgan fingerprint density at radius 3 is 2.12 bits per heavy atom. The highest BCUT2D eigenvalue weighted by molar-refractivity contribution is 5.66. The second kappa shape index (κ2) is 12.0. The summed E-state index contributed by atoms with van der Waals surface area (Å²) >= 11 is 0. The molecule has 26 heavy (non-hydrogen) atoms. The van der Waals surface area contributed by atoms with E-state index < -0.39 is 24.1 Å². The van der Waals surface area contributed by atoms with E-state index in [9.17, 15) is 14.7 Å². The van der Waals surface area contributed by atoms with Crippen LogP contribution in [0.3, 0.4) is 0 Å². The van der Waals surface area contributed by atoms with Crippen molar-refractivity contribution in [3.8, 4) is 11.5 Å². The van der Waals surface area contributed by atoms with Crippen molar-refractivity contribution in [2.45, 2.75) is 26.1 Å². The number of nitrogens with zero attached hydrogens (tertiary/aromatic N) is 1. The van der Waals surface area contributed by atoms with Gasteiger partial charge in [0.1, 0.15) is 27.3 Å². The number of phenols is 1. The number of benzene rings is 1. The Labute approximate surface area is 158 Å². The van der Waals surface area contributed by atoms with Gasteiger partial charge in [0, 0.05) is 13.8 Å². The van der Waals surface area contributed by atoms with Gasteiger partial charge in [0.25, 0.3) is 0 Å². The third-order valence-electron chi connectivity index (χ3n) is 2.91. The summed E-state index contributed by atoms with van der Waals surface area (Å²) in [6, 6.07) is 6.36. The van der Waals surface area contributed by atoms with Crippen LogP contribution in [0.1, 0.15) is 13.8 Å². The predicted molar refractivity (Wildman–Crippen MR) is 88.8 cm³/mol. The molecule has 1 rings (SSSR count). The van der Waals surface area contributed by atoms with Crippen molar-refractivity contribution in [2.24, 2.45) is 0 Å². The van der Waals surface area contributed by atoms with Crippen LogP contribution in [0.4, 0.5) is 0 Å². The molecule has 0 bridgehead atoms. The minimum absolute atomic E-state index is 0. The zero-order valence-corrected chi connectivity index (χ0v) is 15.9. The summed E-state index contributed by atoms with van der Waals surface area (Å²) in [5.74, 6) is -0.847. The number of para-hydroxylation sites is 2. The molecule has 0 saturated carbocycles. The average Bonchev–Trinajstić information content (AvgIpc) is 2.53. The van der Waals surface area contributed by atoms with Crippen LogP contribution < -0.4 is 17.1 Å². The van der Waals surface area contributed by atoms with Crippen molar-refractivity contribution in [3.63, 3.8) is 0 Å². The Kier molecular flexibility index (Phi) is 10.8. The van der Waals surface area contributed by atoms with Crippen molar-refractivity contribution in [3.05, 3.63) is 24.3 Å². The third kappa shape index (κ3) is 9.12. The molecule has 2 atom stereocenters. The van der Waals surface area contributed by atoms with E-state index in [2.05, 4.69) is 0 Å². The summed E-state index contributed by atoms with van der Waals surface area (Å²) in [4.78, 5) is 22.3. The number of hydrogen-bond donors (Lipinski definition) is 1. The van der Waals surface area contributed by atoms with Gasteiger partial charge in [-0.05, 0) is 12.1 Å². The quantitative estimate of drug-likeness (QED) is 0.225. The number of rotatable bonds is 9. The third-order valence-corrected chi connectivity index (χ3v) is 2.91. The molecule has 0 radical (unpaired) electrons. The summed E-state index contributed by atoms with van der Waals surface area (Å²) in [5, 5.41) is 9.88. The maximum Gasteiger partial charge on any atom is 0.323 e. The molecule has 8 nitrogen and oxygen atoms in total. The number of aromatic hydroxyl groups is 1. The van der Waals surface area contributed by atoms with Gasteiger partial charge in [-0.2, -0.15) is 0 Å². The number of hydrogen-bond acceptors (Lipinski definition) is 7. The van der Waals surface area contributed by atoms with E-state index in [0.717, 1.165) is 0 Å². The smallest absolute Gasteiger partial charge is 0.323 e. The van der Waals surface area contributed by atoms with Crippen LogP contribution >= 0.6 is 0 Å². The molecular weight excluding hydrogens is 366 g/mol. The second-order valence-corrected chi connectivity index (χ2v) is 5.47. The maximum absolute atomic E-state index is 11.2. The van der Waals surface area contributed by atoms with E-state index >= 15 is 0 Å². The fourth-order valence-electron chi connectivity index (χ4n) is 1.77. The number of esters is 2. The Morgan fingerprint density at radius 2 is 1.62 bits per heavy atom. The lowest BCUT2D eigenvalue weighted by molar-refractivity contribution is -0.469. The number of phenolic OH excluding ortho intramolecular Hbond substituents is 1. The zero-order valence-electron chi connectivity index (χ0n) is 15.2. The van der Waals surface area contributed by atoms with E-state index in [1.807, 2.05) is 0 Å². The molecule has 0 saturated heterocycles. The van der Waals surface area contributed by atoms with Crippen molar-refractivity contribution in [1.82, 2.24) is 0 Å². The summed E-state index contributed by atoms with van der Waals surface area (Å²) in [6.45, 7) is 2.29. The highest BCUT2D eigenvalue weighted by atomic mass is 35.5. The average molecular weight is 390 g/mol. The molecule has 0 heterocycles. The first-order valence-corrected chi connectivity index (χ1v) is 7.66. The molecule has 9 heteroatoms. The van der Waals surface area contributed by atoms with Crippen LogP contribution in [0.5, 0.6) is 11.5 Å². The van der Waals surface area contributed by atoms with Crippen molar-refractivity contribution >= 4 is 18.3 Å². The van der Waals surface area contributed by atoms with E-state index in [1.54, 1.807) is 36.9 Å².